The Kier molecular flexibility index (Phi) is 7.55. The SMILES string of the molecule is CN(C)C(=O)c1ccc(F)c(-c2nc(C(=O)Nc3cnccc3N(C(=O)O)C3CCCNC3)cs2)c1. The molecule has 1 saturated heterocycles. The third-order valence-electron chi connectivity index (χ3n) is 5.73. The summed E-state index contributed by atoms with van der Waals surface area (Å²) in [5, 5.41) is 17.5. The average Bonchev–Trinajstić information content (AvgIpc) is 3.36. The van der Waals surface area contributed by atoms with Crippen molar-refractivity contribution in [2.24, 2.45) is 0 Å². The number of rotatable bonds is 6. The van der Waals surface area contributed by atoms with Crippen LogP contribution in [0.4, 0.5) is 20.6 Å². The number of piperidine rings is 1. The molecule has 0 aliphatic carbocycles. The molecule has 10 nitrogen and oxygen atoms in total. The average molecular weight is 513 g/mol. The normalized spacial score (nSPS) is 15.2. The van der Waals surface area contributed by atoms with E-state index in [0.29, 0.717) is 24.2 Å². The second-order valence-electron chi connectivity index (χ2n) is 8.43. The van der Waals surface area contributed by atoms with Crippen molar-refractivity contribution in [2.75, 3.05) is 37.4 Å². The Bertz CT molecular complexity index is 1290. The van der Waals surface area contributed by atoms with Gasteiger partial charge in [-0.2, -0.15) is 0 Å². The molecular formula is C24H25FN6O4S. The molecule has 12 heteroatoms. The van der Waals surface area contributed by atoms with E-state index in [1.54, 1.807) is 14.1 Å². The van der Waals surface area contributed by atoms with E-state index in [4.69, 9.17) is 0 Å². The van der Waals surface area contributed by atoms with Gasteiger partial charge in [0.2, 0.25) is 0 Å². The number of nitrogens with one attached hydrogen (secondary N) is 2. The molecule has 36 heavy (non-hydrogen) atoms. The van der Waals surface area contributed by atoms with Gasteiger partial charge < -0.3 is 20.6 Å². The van der Waals surface area contributed by atoms with E-state index in [1.807, 2.05) is 0 Å². The van der Waals surface area contributed by atoms with Crippen molar-refractivity contribution < 1.29 is 23.9 Å². The van der Waals surface area contributed by atoms with Crippen LogP contribution < -0.4 is 15.5 Å². The van der Waals surface area contributed by atoms with Gasteiger partial charge in [0.25, 0.3) is 11.8 Å². The second kappa shape index (κ2) is 10.8. The number of nitrogens with zero attached hydrogens (tertiary/aromatic N) is 4. The first kappa shape index (κ1) is 25.2. The van der Waals surface area contributed by atoms with Crippen LogP contribution in [0.3, 0.4) is 0 Å². The number of anilines is 2. The Morgan fingerprint density at radius 1 is 1.25 bits per heavy atom. The van der Waals surface area contributed by atoms with Crippen molar-refractivity contribution in [2.45, 2.75) is 18.9 Å². The molecule has 2 aromatic heterocycles. The minimum absolute atomic E-state index is 0.0229. The highest BCUT2D eigenvalue weighted by atomic mass is 32.1. The van der Waals surface area contributed by atoms with Crippen LogP contribution >= 0.6 is 11.3 Å². The molecular weight excluding hydrogens is 487 g/mol. The number of thiazole rings is 1. The number of carbonyl (C=O) groups excluding carboxylic acids is 2. The maximum atomic E-state index is 14.5. The topological polar surface area (TPSA) is 128 Å². The van der Waals surface area contributed by atoms with Crippen LogP contribution in [0.1, 0.15) is 33.7 Å². The zero-order valence-electron chi connectivity index (χ0n) is 19.7. The van der Waals surface area contributed by atoms with Gasteiger partial charge in [0.1, 0.15) is 16.5 Å². The van der Waals surface area contributed by atoms with E-state index < -0.39 is 17.8 Å². The summed E-state index contributed by atoms with van der Waals surface area (Å²) in [4.78, 5) is 48.3. The molecule has 0 bridgehead atoms. The van der Waals surface area contributed by atoms with Crippen molar-refractivity contribution in [3.63, 3.8) is 0 Å². The molecule has 3 heterocycles. The first-order valence-corrected chi connectivity index (χ1v) is 12.1. The molecule has 0 saturated carbocycles. The number of amides is 3. The standard InChI is InChI=1S/C24H25FN6O4S/c1-30(2)23(33)14-5-6-17(25)16(10-14)22-29-19(13-36-22)21(32)28-18-12-27-9-7-20(18)31(24(34)35)15-4-3-8-26-11-15/h5-7,9-10,12-13,15,26H,3-4,8,11H2,1-2H3,(H,28,32)(H,34,35). The number of benzene rings is 1. The van der Waals surface area contributed by atoms with Crippen LogP contribution in [0, 0.1) is 5.82 Å². The Labute approximate surface area is 210 Å². The Morgan fingerprint density at radius 3 is 2.75 bits per heavy atom. The first-order chi connectivity index (χ1) is 17.3. The monoisotopic (exact) mass is 512 g/mol. The fraction of sp³-hybridized carbons (Fsp3) is 0.292. The summed E-state index contributed by atoms with van der Waals surface area (Å²) < 4.78 is 14.5. The lowest BCUT2D eigenvalue weighted by Crippen LogP contribution is -2.48. The number of hydrogen-bond donors (Lipinski definition) is 3. The lowest BCUT2D eigenvalue weighted by atomic mass is 10.1. The van der Waals surface area contributed by atoms with Crippen LogP contribution in [-0.4, -0.2) is 71.1 Å². The fourth-order valence-electron chi connectivity index (χ4n) is 3.97. The largest absolute Gasteiger partial charge is 0.465 e. The van der Waals surface area contributed by atoms with E-state index in [0.717, 1.165) is 24.3 Å². The van der Waals surface area contributed by atoms with Crippen molar-refractivity contribution in [3.8, 4) is 10.6 Å². The predicted molar refractivity (Wildman–Crippen MR) is 134 cm³/mol. The molecule has 3 aromatic rings. The highest BCUT2D eigenvalue weighted by molar-refractivity contribution is 7.13. The minimum Gasteiger partial charge on any atom is -0.465 e. The van der Waals surface area contributed by atoms with Crippen LogP contribution in [0.15, 0.2) is 42.0 Å². The summed E-state index contributed by atoms with van der Waals surface area (Å²) >= 11 is 1.06. The van der Waals surface area contributed by atoms with Crippen molar-refractivity contribution >= 4 is 40.6 Å². The number of halogens is 1. The van der Waals surface area contributed by atoms with Gasteiger partial charge in [0.15, 0.2) is 0 Å². The summed E-state index contributed by atoms with van der Waals surface area (Å²) in [5.41, 5.74) is 0.944. The molecule has 1 fully saturated rings. The van der Waals surface area contributed by atoms with Gasteiger partial charge in [0, 0.05) is 43.3 Å². The van der Waals surface area contributed by atoms with Crippen LogP contribution in [0.2, 0.25) is 0 Å². The summed E-state index contributed by atoms with van der Waals surface area (Å²) in [6, 6.07) is 5.23. The van der Waals surface area contributed by atoms with Crippen LogP contribution in [-0.2, 0) is 0 Å². The summed E-state index contributed by atoms with van der Waals surface area (Å²) in [6.07, 6.45) is 3.22. The van der Waals surface area contributed by atoms with Gasteiger partial charge in [-0.15, -0.1) is 11.3 Å². The molecule has 1 atom stereocenters. The molecule has 1 aliphatic rings. The lowest BCUT2D eigenvalue weighted by Gasteiger charge is -2.33. The molecule has 1 aliphatic heterocycles. The molecule has 188 valence electrons. The smallest absolute Gasteiger partial charge is 0.412 e. The van der Waals surface area contributed by atoms with E-state index in [2.05, 4.69) is 20.6 Å². The predicted octanol–water partition coefficient (Wildman–Crippen LogP) is 3.53. The summed E-state index contributed by atoms with van der Waals surface area (Å²) in [5.74, 6) is -1.45. The highest BCUT2D eigenvalue weighted by Crippen LogP contribution is 2.31. The molecule has 0 radical (unpaired) electrons. The third kappa shape index (κ3) is 5.34. The molecule has 4 rings (SSSR count). The summed E-state index contributed by atoms with van der Waals surface area (Å²) in [7, 11) is 3.19. The van der Waals surface area contributed by atoms with E-state index in [1.165, 1.54) is 51.8 Å². The van der Waals surface area contributed by atoms with E-state index in [-0.39, 0.29) is 33.9 Å². The first-order valence-electron chi connectivity index (χ1n) is 11.2. The van der Waals surface area contributed by atoms with Gasteiger partial charge in [0.05, 0.1) is 23.6 Å². The number of carbonyl (C=O) groups is 3. The molecule has 1 aromatic carbocycles. The van der Waals surface area contributed by atoms with E-state index in [9.17, 15) is 23.9 Å². The van der Waals surface area contributed by atoms with Crippen molar-refractivity contribution in [3.05, 3.63) is 59.1 Å². The number of pyridine rings is 1. The molecule has 1 unspecified atom stereocenters. The van der Waals surface area contributed by atoms with Gasteiger partial charge in [-0.1, -0.05) is 0 Å². The second-order valence-corrected chi connectivity index (χ2v) is 9.29. The van der Waals surface area contributed by atoms with Crippen molar-refractivity contribution in [1.82, 2.24) is 20.2 Å². The Morgan fingerprint density at radius 2 is 2.06 bits per heavy atom. The maximum Gasteiger partial charge on any atom is 0.412 e. The Hall–Kier alpha value is -3.90. The fourth-order valence-corrected chi connectivity index (χ4v) is 4.79. The lowest BCUT2D eigenvalue weighted by molar-refractivity contribution is 0.0827. The third-order valence-corrected chi connectivity index (χ3v) is 6.61. The van der Waals surface area contributed by atoms with E-state index >= 15 is 0 Å². The number of aromatic nitrogens is 2. The molecule has 0 spiro atoms. The van der Waals surface area contributed by atoms with Crippen molar-refractivity contribution in [1.29, 1.82) is 0 Å². The minimum atomic E-state index is -1.14. The summed E-state index contributed by atoms with van der Waals surface area (Å²) in [6.45, 7) is 1.32. The molecule has 3 amide bonds. The molecule has 3 N–H and O–H groups in total. The highest BCUT2D eigenvalue weighted by Gasteiger charge is 2.29. The zero-order valence-corrected chi connectivity index (χ0v) is 20.5. The number of hydrogen-bond acceptors (Lipinski definition) is 7. The zero-order chi connectivity index (χ0) is 25.8. The van der Waals surface area contributed by atoms with Gasteiger partial charge in [-0.25, -0.2) is 14.2 Å². The Balaban J connectivity index is 1.59. The van der Waals surface area contributed by atoms with Gasteiger partial charge in [-0.05, 0) is 43.7 Å². The van der Waals surface area contributed by atoms with Gasteiger partial charge in [-0.3, -0.25) is 19.5 Å². The van der Waals surface area contributed by atoms with Crippen LogP contribution in [0.5, 0.6) is 0 Å². The van der Waals surface area contributed by atoms with Crippen LogP contribution in [0.25, 0.3) is 10.6 Å². The quantitative estimate of drug-likeness (QED) is 0.461. The van der Waals surface area contributed by atoms with Gasteiger partial charge >= 0.3 is 6.09 Å². The number of carboxylic acid groups (broad SMARTS) is 1. The maximum absolute atomic E-state index is 14.5.